The van der Waals surface area contributed by atoms with Gasteiger partial charge in [0.2, 0.25) is 0 Å². The molecule has 0 unspecified atom stereocenters. The van der Waals surface area contributed by atoms with E-state index < -0.39 is 0 Å². The first kappa shape index (κ1) is 17.4. The van der Waals surface area contributed by atoms with Crippen molar-refractivity contribution in [3.05, 3.63) is 35.4 Å². The maximum absolute atomic E-state index is 12.9. The zero-order valence-electron chi connectivity index (χ0n) is 15.7. The van der Waals surface area contributed by atoms with E-state index in [4.69, 9.17) is 4.99 Å². The van der Waals surface area contributed by atoms with Gasteiger partial charge in [0.1, 0.15) is 5.78 Å². The van der Waals surface area contributed by atoms with E-state index in [0.29, 0.717) is 12.2 Å². The Morgan fingerprint density at radius 2 is 1.67 bits per heavy atom. The van der Waals surface area contributed by atoms with Gasteiger partial charge in [0.25, 0.3) is 0 Å². The van der Waals surface area contributed by atoms with Crippen molar-refractivity contribution in [3.63, 3.8) is 0 Å². The van der Waals surface area contributed by atoms with Crippen LogP contribution in [0.2, 0.25) is 0 Å². The third kappa shape index (κ3) is 3.08. The summed E-state index contributed by atoms with van der Waals surface area (Å²) in [4.78, 5) is 18.0. The zero-order valence-corrected chi connectivity index (χ0v) is 15.7. The Balaban J connectivity index is 1.90. The third-order valence-electron chi connectivity index (χ3n) is 6.51. The number of ketones is 1. The molecule has 0 bridgehead atoms. The van der Waals surface area contributed by atoms with Crippen molar-refractivity contribution >= 4 is 11.5 Å². The number of rotatable bonds is 3. The number of carbonyl (C=O) groups excluding carboxylic acids is 1. The molecule has 1 aliphatic heterocycles. The second-order valence-corrected chi connectivity index (χ2v) is 8.62. The SMILES string of the molecule is CC1(C)N=C(CC(=O)C2CCCCCC2)c2ccccc2C1(C)C. The molecule has 2 nitrogen and oxygen atoms in total. The van der Waals surface area contributed by atoms with E-state index in [9.17, 15) is 4.79 Å². The molecule has 0 N–H and O–H groups in total. The summed E-state index contributed by atoms with van der Waals surface area (Å²) in [6, 6.07) is 8.53. The summed E-state index contributed by atoms with van der Waals surface area (Å²) in [5.74, 6) is 0.654. The second-order valence-electron chi connectivity index (χ2n) is 8.62. The minimum absolute atomic E-state index is 0.0293. The Hall–Kier alpha value is -1.44. The molecule has 0 spiro atoms. The van der Waals surface area contributed by atoms with Crippen LogP contribution in [0.15, 0.2) is 29.3 Å². The van der Waals surface area contributed by atoms with E-state index in [0.717, 1.165) is 18.6 Å². The van der Waals surface area contributed by atoms with Gasteiger partial charge in [-0.1, -0.05) is 63.8 Å². The molecule has 0 aromatic heterocycles. The summed E-state index contributed by atoms with van der Waals surface area (Å²) in [6.45, 7) is 8.91. The van der Waals surface area contributed by atoms with Gasteiger partial charge in [-0.25, -0.2) is 0 Å². The summed E-state index contributed by atoms with van der Waals surface area (Å²) < 4.78 is 0. The second kappa shape index (κ2) is 6.46. The van der Waals surface area contributed by atoms with Crippen molar-refractivity contribution in [2.75, 3.05) is 0 Å². The lowest BCUT2D eigenvalue weighted by molar-refractivity contribution is -0.122. The van der Waals surface area contributed by atoms with Gasteiger partial charge in [-0.2, -0.15) is 0 Å². The summed E-state index contributed by atoms with van der Waals surface area (Å²) in [5, 5.41) is 0. The van der Waals surface area contributed by atoms with E-state index in [-0.39, 0.29) is 16.9 Å². The van der Waals surface area contributed by atoms with Gasteiger partial charge in [-0.05, 0) is 37.8 Å². The van der Waals surface area contributed by atoms with Gasteiger partial charge in [0.15, 0.2) is 0 Å². The molecule has 1 heterocycles. The lowest BCUT2D eigenvalue weighted by Gasteiger charge is -2.44. The molecule has 1 aromatic rings. The molecular weight excluding hydrogens is 294 g/mol. The van der Waals surface area contributed by atoms with Crippen molar-refractivity contribution in [1.29, 1.82) is 0 Å². The fourth-order valence-corrected chi connectivity index (χ4v) is 4.19. The summed E-state index contributed by atoms with van der Waals surface area (Å²) >= 11 is 0. The molecule has 24 heavy (non-hydrogen) atoms. The molecule has 0 radical (unpaired) electrons. The fraction of sp³-hybridized carbons (Fsp3) is 0.636. The molecule has 3 rings (SSSR count). The van der Waals surface area contributed by atoms with Gasteiger partial charge in [-0.3, -0.25) is 9.79 Å². The first-order valence-corrected chi connectivity index (χ1v) is 9.54. The van der Waals surface area contributed by atoms with Crippen molar-refractivity contribution in [3.8, 4) is 0 Å². The quantitative estimate of drug-likeness (QED) is 0.677. The van der Waals surface area contributed by atoms with Crippen LogP contribution in [0, 0.1) is 5.92 Å². The number of fused-ring (bicyclic) bond motifs is 1. The molecule has 0 saturated heterocycles. The van der Waals surface area contributed by atoms with Crippen molar-refractivity contribution < 1.29 is 4.79 Å². The Labute approximate surface area is 146 Å². The van der Waals surface area contributed by atoms with Crippen LogP contribution in [0.3, 0.4) is 0 Å². The lowest BCUT2D eigenvalue weighted by atomic mass is 9.66. The van der Waals surface area contributed by atoms with Gasteiger partial charge in [0, 0.05) is 17.8 Å². The van der Waals surface area contributed by atoms with Gasteiger partial charge < -0.3 is 0 Å². The molecule has 0 atom stereocenters. The first-order valence-electron chi connectivity index (χ1n) is 9.54. The summed E-state index contributed by atoms with van der Waals surface area (Å²) in [5.41, 5.74) is 3.29. The minimum Gasteiger partial charge on any atom is -0.299 e. The monoisotopic (exact) mass is 325 g/mol. The average Bonchev–Trinajstić information content (AvgIpc) is 2.82. The van der Waals surface area contributed by atoms with E-state index in [1.165, 1.54) is 36.8 Å². The predicted molar refractivity (Wildman–Crippen MR) is 101 cm³/mol. The molecule has 0 amide bonds. The van der Waals surface area contributed by atoms with Crippen LogP contribution in [-0.4, -0.2) is 17.0 Å². The number of aliphatic imine (C=N–C) groups is 1. The first-order chi connectivity index (χ1) is 11.3. The number of hydrogen-bond donors (Lipinski definition) is 0. The number of carbonyl (C=O) groups is 1. The molecule has 1 aliphatic carbocycles. The van der Waals surface area contributed by atoms with E-state index >= 15 is 0 Å². The van der Waals surface area contributed by atoms with E-state index in [2.05, 4.69) is 52.0 Å². The van der Waals surface area contributed by atoms with Crippen LogP contribution in [0.1, 0.15) is 83.8 Å². The molecule has 1 saturated carbocycles. The Morgan fingerprint density at radius 3 is 2.33 bits per heavy atom. The normalized spacial score (nSPS) is 23.1. The standard InChI is InChI=1S/C22H31NO/c1-21(2)18-14-10-9-13-17(18)19(23-22(21,3)4)15-20(24)16-11-7-5-6-8-12-16/h9-10,13-14,16H,5-8,11-12,15H2,1-4H3. The van der Waals surface area contributed by atoms with E-state index in [1.54, 1.807) is 0 Å². The van der Waals surface area contributed by atoms with Crippen molar-refractivity contribution in [1.82, 2.24) is 0 Å². The minimum atomic E-state index is -0.194. The zero-order chi connectivity index (χ0) is 17.4. The van der Waals surface area contributed by atoms with Crippen LogP contribution < -0.4 is 0 Å². The number of Topliss-reactive ketones (excluding diaryl/α,β-unsaturated/α-hetero) is 1. The summed E-state index contributed by atoms with van der Waals surface area (Å²) in [6.07, 6.45) is 7.63. The van der Waals surface area contributed by atoms with Crippen LogP contribution >= 0.6 is 0 Å². The molecular formula is C22H31NO. The topological polar surface area (TPSA) is 29.4 Å². The average molecular weight is 325 g/mol. The highest BCUT2D eigenvalue weighted by Gasteiger charge is 2.43. The fourth-order valence-electron chi connectivity index (χ4n) is 4.19. The maximum atomic E-state index is 12.9. The van der Waals surface area contributed by atoms with Gasteiger partial charge in [-0.15, -0.1) is 0 Å². The lowest BCUT2D eigenvalue weighted by Crippen LogP contribution is -2.46. The highest BCUT2D eigenvalue weighted by molar-refractivity contribution is 6.13. The van der Waals surface area contributed by atoms with Gasteiger partial charge in [0.05, 0.1) is 11.3 Å². The highest BCUT2D eigenvalue weighted by Crippen LogP contribution is 2.43. The van der Waals surface area contributed by atoms with Crippen LogP contribution in [-0.2, 0) is 10.2 Å². The number of benzene rings is 1. The Morgan fingerprint density at radius 1 is 1.04 bits per heavy atom. The molecule has 1 aromatic carbocycles. The van der Waals surface area contributed by atoms with Crippen LogP contribution in [0.25, 0.3) is 0 Å². The molecule has 1 fully saturated rings. The Kier molecular flexibility index (Phi) is 4.68. The van der Waals surface area contributed by atoms with E-state index in [1.807, 2.05) is 0 Å². The number of hydrogen-bond acceptors (Lipinski definition) is 2. The molecule has 2 aliphatic rings. The Bertz CT molecular complexity index is 646. The van der Waals surface area contributed by atoms with Crippen LogP contribution in [0.4, 0.5) is 0 Å². The highest BCUT2D eigenvalue weighted by atomic mass is 16.1. The van der Waals surface area contributed by atoms with Gasteiger partial charge >= 0.3 is 0 Å². The molecule has 130 valence electrons. The third-order valence-corrected chi connectivity index (χ3v) is 6.51. The molecule has 2 heteroatoms. The number of nitrogens with zero attached hydrogens (tertiary/aromatic N) is 1. The largest absolute Gasteiger partial charge is 0.299 e. The predicted octanol–water partition coefficient (Wildman–Crippen LogP) is 5.48. The summed E-state index contributed by atoms with van der Waals surface area (Å²) in [7, 11) is 0. The van der Waals surface area contributed by atoms with Crippen molar-refractivity contribution in [2.45, 2.75) is 83.6 Å². The smallest absolute Gasteiger partial charge is 0.141 e. The van der Waals surface area contributed by atoms with Crippen LogP contribution in [0.5, 0.6) is 0 Å². The maximum Gasteiger partial charge on any atom is 0.141 e. The van der Waals surface area contributed by atoms with Crippen molar-refractivity contribution in [2.24, 2.45) is 10.9 Å².